The molecule has 2 aromatic rings. The number of nitrogens with zero attached hydrogens (tertiary/aromatic N) is 5. The number of aromatic nitrogens is 3. The summed E-state index contributed by atoms with van der Waals surface area (Å²) in [5.41, 5.74) is 3.68. The van der Waals surface area contributed by atoms with Gasteiger partial charge in [-0.25, -0.2) is 0 Å². The predicted octanol–water partition coefficient (Wildman–Crippen LogP) is 1.33. The predicted molar refractivity (Wildman–Crippen MR) is 75.8 cm³/mol. The quantitative estimate of drug-likeness (QED) is 0.813. The number of hydrogen-bond donors (Lipinski definition) is 0. The highest BCUT2D eigenvalue weighted by molar-refractivity contribution is 5.64. The third-order valence-electron chi connectivity index (χ3n) is 3.67. The maximum atomic E-state index is 3.91. The van der Waals surface area contributed by atoms with E-state index in [-0.39, 0.29) is 0 Å². The van der Waals surface area contributed by atoms with E-state index in [4.69, 9.17) is 0 Å². The second kappa shape index (κ2) is 5.01. The summed E-state index contributed by atoms with van der Waals surface area (Å²) in [5.74, 6) is 0. The minimum Gasteiger partial charge on any atom is -0.367 e. The number of piperazine rings is 1. The van der Waals surface area contributed by atoms with Gasteiger partial charge in [-0.15, -0.1) is 10.2 Å². The van der Waals surface area contributed by atoms with Gasteiger partial charge in [-0.2, -0.15) is 0 Å². The fraction of sp³-hybridized carbons (Fsp3) is 0.429. The summed E-state index contributed by atoms with van der Waals surface area (Å²) < 4.78 is 1.99. The topological polar surface area (TPSA) is 37.2 Å². The third kappa shape index (κ3) is 2.46. The second-order valence-electron chi connectivity index (χ2n) is 5.15. The van der Waals surface area contributed by atoms with Crippen LogP contribution >= 0.6 is 0 Å². The Bertz CT molecular complexity index is 541. The Balaban J connectivity index is 1.97. The summed E-state index contributed by atoms with van der Waals surface area (Å²) in [6.45, 7) is 6.45. The summed E-state index contributed by atoms with van der Waals surface area (Å²) in [5, 5.41) is 7.83. The number of rotatable bonds is 2. The molecule has 2 heterocycles. The van der Waals surface area contributed by atoms with Gasteiger partial charge in [0.1, 0.15) is 12.7 Å². The van der Waals surface area contributed by atoms with E-state index in [1.807, 2.05) is 4.57 Å². The molecule has 0 saturated carbocycles. The summed E-state index contributed by atoms with van der Waals surface area (Å²) in [6.07, 6.45) is 3.52. The molecule has 3 rings (SSSR count). The fourth-order valence-electron chi connectivity index (χ4n) is 2.48. The first kappa shape index (κ1) is 12.2. The zero-order chi connectivity index (χ0) is 13.2. The maximum absolute atomic E-state index is 3.91. The van der Waals surface area contributed by atoms with Crippen molar-refractivity contribution in [2.24, 2.45) is 0 Å². The molecular weight excluding hydrogens is 238 g/mol. The number of hydrogen-bond acceptors (Lipinski definition) is 4. The van der Waals surface area contributed by atoms with E-state index in [0.717, 1.165) is 31.9 Å². The van der Waals surface area contributed by atoms with Gasteiger partial charge in [0.15, 0.2) is 0 Å². The number of aryl methyl sites for hydroxylation is 1. The average Bonchev–Trinajstić information content (AvgIpc) is 2.94. The van der Waals surface area contributed by atoms with E-state index in [1.54, 1.807) is 12.7 Å². The first-order valence-electron chi connectivity index (χ1n) is 6.63. The van der Waals surface area contributed by atoms with E-state index in [0.29, 0.717) is 0 Å². The molecule has 100 valence electrons. The van der Waals surface area contributed by atoms with Crippen molar-refractivity contribution in [3.05, 3.63) is 36.4 Å². The Morgan fingerprint density at radius 3 is 2.32 bits per heavy atom. The molecule has 0 aliphatic carbocycles. The van der Waals surface area contributed by atoms with Crippen molar-refractivity contribution < 1.29 is 0 Å². The zero-order valence-electron chi connectivity index (χ0n) is 11.5. The molecule has 0 radical (unpaired) electrons. The molecule has 1 saturated heterocycles. The van der Waals surface area contributed by atoms with E-state index >= 15 is 0 Å². The highest BCUT2D eigenvalue weighted by Crippen LogP contribution is 2.26. The average molecular weight is 257 g/mol. The molecule has 5 nitrogen and oxygen atoms in total. The lowest BCUT2D eigenvalue weighted by Crippen LogP contribution is -2.44. The summed E-state index contributed by atoms with van der Waals surface area (Å²) in [6, 6.07) is 6.56. The van der Waals surface area contributed by atoms with Crippen molar-refractivity contribution in [2.75, 3.05) is 38.1 Å². The third-order valence-corrected chi connectivity index (χ3v) is 3.67. The van der Waals surface area contributed by atoms with Gasteiger partial charge in [0, 0.05) is 26.2 Å². The minimum absolute atomic E-state index is 1.06. The van der Waals surface area contributed by atoms with Crippen molar-refractivity contribution in [3.63, 3.8) is 0 Å². The summed E-state index contributed by atoms with van der Waals surface area (Å²) in [4.78, 5) is 4.80. The van der Waals surface area contributed by atoms with Crippen LogP contribution in [0.5, 0.6) is 0 Å². The largest absolute Gasteiger partial charge is 0.367 e. The van der Waals surface area contributed by atoms with Crippen LogP contribution < -0.4 is 4.90 Å². The molecule has 0 atom stereocenters. The maximum Gasteiger partial charge on any atom is 0.123 e. The molecule has 1 aromatic carbocycles. The molecule has 0 unspecified atom stereocenters. The van der Waals surface area contributed by atoms with Crippen LogP contribution in [0.25, 0.3) is 5.69 Å². The van der Waals surface area contributed by atoms with Crippen LogP contribution in [0.15, 0.2) is 30.9 Å². The van der Waals surface area contributed by atoms with E-state index in [2.05, 4.69) is 52.2 Å². The van der Waals surface area contributed by atoms with Crippen LogP contribution in [-0.2, 0) is 0 Å². The lowest BCUT2D eigenvalue weighted by molar-refractivity contribution is 0.313. The van der Waals surface area contributed by atoms with Gasteiger partial charge in [0.2, 0.25) is 0 Å². The monoisotopic (exact) mass is 257 g/mol. The van der Waals surface area contributed by atoms with Crippen molar-refractivity contribution in [3.8, 4) is 5.69 Å². The van der Waals surface area contributed by atoms with Crippen LogP contribution in [0.4, 0.5) is 5.69 Å². The molecular formula is C14H19N5. The van der Waals surface area contributed by atoms with Crippen molar-refractivity contribution in [1.29, 1.82) is 0 Å². The lowest BCUT2D eigenvalue weighted by Gasteiger charge is -2.35. The van der Waals surface area contributed by atoms with E-state index in [1.165, 1.54) is 11.3 Å². The minimum atomic E-state index is 1.06. The molecule has 1 aromatic heterocycles. The first-order valence-corrected chi connectivity index (χ1v) is 6.63. The highest BCUT2D eigenvalue weighted by atomic mass is 15.3. The normalized spacial score (nSPS) is 16.8. The summed E-state index contributed by atoms with van der Waals surface area (Å²) >= 11 is 0. The second-order valence-corrected chi connectivity index (χ2v) is 5.15. The molecule has 1 aliphatic rings. The number of anilines is 1. The molecule has 1 fully saturated rings. The Labute approximate surface area is 113 Å². The van der Waals surface area contributed by atoms with Crippen LogP contribution in [0.2, 0.25) is 0 Å². The Kier molecular flexibility index (Phi) is 3.21. The standard InChI is InChI=1S/C14H19N5/c1-12-3-4-13(18-7-5-17(2)6-8-18)14(9-12)19-10-15-16-11-19/h3-4,9-11H,5-8H2,1-2H3. The van der Waals surface area contributed by atoms with E-state index < -0.39 is 0 Å². The van der Waals surface area contributed by atoms with Crippen molar-refractivity contribution in [1.82, 2.24) is 19.7 Å². The van der Waals surface area contributed by atoms with Gasteiger partial charge in [0.05, 0.1) is 11.4 Å². The van der Waals surface area contributed by atoms with Gasteiger partial charge in [-0.3, -0.25) is 4.57 Å². The van der Waals surface area contributed by atoms with Crippen molar-refractivity contribution >= 4 is 5.69 Å². The van der Waals surface area contributed by atoms with Gasteiger partial charge < -0.3 is 9.80 Å². The molecule has 0 amide bonds. The SMILES string of the molecule is Cc1ccc(N2CCN(C)CC2)c(-n2cnnc2)c1. The van der Waals surface area contributed by atoms with E-state index in [9.17, 15) is 0 Å². The fourth-order valence-corrected chi connectivity index (χ4v) is 2.48. The first-order chi connectivity index (χ1) is 9.24. The van der Waals surface area contributed by atoms with Crippen LogP contribution in [0.3, 0.4) is 0 Å². The van der Waals surface area contributed by atoms with Crippen LogP contribution in [-0.4, -0.2) is 52.9 Å². The van der Waals surface area contributed by atoms with Gasteiger partial charge in [-0.05, 0) is 31.7 Å². The molecule has 5 heteroatoms. The molecule has 1 aliphatic heterocycles. The Hall–Kier alpha value is -1.88. The van der Waals surface area contributed by atoms with Crippen LogP contribution in [0.1, 0.15) is 5.56 Å². The molecule has 0 bridgehead atoms. The highest BCUT2D eigenvalue weighted by Gasteiger charge is 2.17. The zero-order valence-corrected chi connectivity index (χ0v) is 11.5. The Morgan fingerprint density at radius 1 is 0.947 bits per heavy atom. The smallest absolute Gasteiger partial charge is 0.123 e. The van der Waals surface area contributed by atoms with Gasteiger partial charge >= 0.3 is 0 Å². The number of benzene rings is 1. The molecule has 0 N–H and O–H groups in total. The lowest BCUT2D eigenvalue weighted by atomic mass is 10.1. The number of likely N-dealkylation sites (N-methyl/N-ethyl adjacent to an activating group) is 1. The van der Waals surface area contributed by atoms with Crippen molar-refractivity contribution in [2.45, 2.75) is 6.92 Å². The van der Waals surface area contributed by atoms with Crippen LogP contribution in [0, 0.1) is 6.92 Å². The molecule has 0 spiro atoms. The Morgan fingerprint density at radius 2 is 1.63 bits per heavy atom. The van der Waals surface area contributed by atoms with Gasteiger partial charge in [-0.1, -0.05) is 6.07 Å². The van der Waals surface area contributed by atoms with Gasteiger partial charge in [0.25, 0.3) is 0 Å². The summed E-state index contributed by atoms with van der Waals surface area (Å²) in [7, 11) is 2.17. The molecule has 19 heavy (non-hydrogen) atoms.